The molecular formula is C38H30O9. The van der Waals surface area contributed by atoms with Crippen LogP contribution in [0.25, 0.3) is 0 Å². The molecule has 1 saturated carbocycles. The Bertz CT molecular complexity index is 1790. The summed E-state index contributed by atoms with van der Waals surface area (Å²) in [6.07, 6.45) is -3.71. The molecule has 1 saturated heterocycles. The van der Waals surface area contributed by atoms with Crippen LogP contribution in [-0.4, -0.2) is 55.1 Å². The maximum atomic E-state index is 13.6. The summed E-state index contributed by atoms with van der Waals surface area (Å²) in [7, 11) is 0. The molecule has 0 spiro atoms. The van der Waals surface area contributed by atoms with Crippen LogP contribution in [0.2, 0.25) is 0 Å². The van der Waals surface area contributed by atoms with E-state index in [0.29, 0.717) is 11.5 Å². The van der Waals surface area contributed by atoms with Crippen molar-refractivity contribution < 1.29 is 42.9 Å². The molecule has 1 unspecified atom stereocenters. The zero-order valence-corrected chi connectivity index (χ0v) is 25.2. The highest BCUT2D eigenvalue weighted by Gasteiger charge is 2.50. The summed E-state index contributed by atoms with van der Waals surface area (Å²) in [5, 5.41) is 0. The Morgan fingerprint density at radius 2 is 1.04 bits per heavy atom. The van der Waals surface area contributed by atoms with Crippen LogP contribution in [0.15, 0.2) is 115 Å². The third-order valence-electron chi connectivity index (χ3n) is 7.51. The Morgan fingerprint density at radius 3 is 1.60 bits per heavy atom. The predicted octanol–water partition coefficient (Wildman–Crippen LogP) is 5.64. The molecule has 9 heteroatoms. The summed E-state index contributed by atoms with van der Waals surface area (Å²) in [4.78, 5) is 53.5. The zero-order valence-electron chi connectivity index (χ0n) is 25.2. The molecule has 0 bridgehead atoms. The van der Waals surface area contributed by atoms with Crippen molar-refractivity contribution in [3.63, 3.8) is 0 Å². The molecule has 2 fully saturated rings. The van der Waals surface area contributed by atoms with Crippen LogP contribution in [0.5, 0.6) is 0 Å². The summed E-state index contributed by atoms with van der Waals surface area (Å²) in [5.74, 6) is 3.42. The van der Waals surface area contributed by atoms with Gasteiger partial charge in [0.15, 0.2) is 12.2 Å². The minimum atomic E-state index is -1.54. The van der Waals surface area contributed by atoms with Gasteiger partial charge in [-0.3, -0.25) is 0 Å². The van der Waals surface area contributed by atoms with Crippen molar-refractivity contribution in [2.75, 3.05) is 6.61 Å². The Balaban J connectivity index is 1.33. The van der Waals surface area contributed by atoms with Crippen LogP contribution in [-0.2, 0) is 23.7 Å². The van der Waals surface area contributed by atoms with Gasteiger partial charge in [0.05, 0.1) is 28.9 Å². The number of hydrogen-bond acceptors (Lipinski definition) is 9. The summed E-state index contributed by atoms with van der Waals surface area (Å²) < 4.78 is 29.3. The van der Waals surface area contributed by atoms with Gasteiger partial charge in [-0.2, -0.15) is 0 Å². The van der Waals surface area contributed by atoms with E-state index in [4.69, 9.17) is 23.7 Å². The van der Waals surface area contributed by atoms with Crippen molar-refractivity contribution in [2.24, 2.45) is 5.92 Å². The van der Waals surface area contributed by atoms with E-state index in [2.05, 4.69) is 11.8 Å². The number of carbonyl (C=O) groups is 4. The van der Waals surface area contributed by atoms with Crippen molar-refractivity contribution >= 4 is 23.9 Å². The molecule has 0 aromatic heterocycles. The Morgan fingerprint density at radius 1 is 0.553 bits per heavy atom. The number of ether oxygens (including phenoxy) is 5. The van der Waals surface area contributed by atoms with Crippen LogP contribution >= 0.6 is 0 Å². The molecular weight excluding hydrogens is 600 g/mol. The van der Waals surface area contributed by atoms with Gasteiger partial charge < -0.3 is 23.7 Å². The lowest BCUT2D eigenvalue weighted by Gasteiger charge is -2.40. The Labute approximate surface area is 271 Å². The van der Waals surface area contributed by atoms with Gasteiger partial charge in [0.25, 0.3) is 0 Å². The van der Waals surface area contributed by atoms with Crippen LogP contribution < -0.4 is 0 Å². The highest BCUT2D eigenvalue weighted by atomic mass is 16.7. The van der Waals surface area contributed by atoms with Crippen molar-refractivity contribution in [3.05, 3.63) is 143 Å². The Hall–Kier alpha value is -5.72. The van der Waals surface area contributed by atoms with Crippen molar-refractivity contribution in [1.29, 1.82) is 0 Å². The van der Waals surface area contributed by atoms with Gasteiger partial charge in [-0.15, -0.1) is 0 Å². The van der Waals surface area contributed by atoms with E-state index < -0.39 is 48.5 Å². The van der Waals surface area contributed by atoms with Gasteiger partial charge in [-0.1, -0.05) is 78.6 Å². The van der Waals surface area contributed by atoms with Gasteiger partial charge in [-0.25, -0.2) is 19.2 Å². The number of esters is 4. The maximum absolute atomic E-state index is 13.6. The minimum absolute atomic E-state index is 0.188. The van der Waals surface area contributed by atoms with E-state index in [1.807, 2.05) is 0 Å². The van der Waals surface area contributed by atoms with E-state index in [0.717, 1.165) is 12.8 Å². The number of hydrogen-bond donors (Lipinski definition) is 0. The average Bonchev–Trinajstić information content (AvgIpc) is 3.95. The smallest absolute Gasteiger partial charge is 0.341 e. The van der Waals surface area contributed by atoms with Crippen LogP contribution in [0, 0.1) is 17.8 Å². The molecule has 9 nitrogen and oxygen atoms in total. The molecule has 6 rings (SSSR count). The molecule has 0 amide bonds. The van der Waals surface area contributed by atoms with Crippen LogP contribution in [0.1, 0.15) is 59.8 Å². The second-order valence-corrected chi connectivity index (χ2v) is 11.0. The molecule has 1 aliphatic heterocycles. The zero-order chi connectivity index (χ0) is 32.6. The van der Waals surface area contributed by atoms with Gasteiger partial charge in [0.2, 0.25) is 12.4 Å². The van der Waals surface area contributed by atoms with E-state index in [9.17, 15) is 19.2 Å². The van der Waals surface area contributed by atoms with Crippen molar-refractivity contribution in [2.45, 2.75) is 37.4 Å². The first kappa shape index (κ1) is 31.3. The van der Waals surface area contributed by atoms with E-state index in [-0.39, 0.29) is 28.9 Å². The molecule has 47 heavy (non-hydrogen) atoms. The highest BCUT2D eigenvalue weighted by Crippen LogP contribution is 2.29. The lowest BCUT2D eigenvalue weighted by molar-refractivity contribution is -0.250. The average molecular weight is 631 g/mol. The fourth-order valence-electron chi connectivity index (χ4n) is 4.87. The molecule has 1 aliphatic carbocycles. The molecule has 1 heterocycles. The standard InChI is InChI=1S/C38H30O9/c39-34(27-13-4-1-5-14-27)44-31-24-43-38(47-37(42)30-19-11-10-12-26(30)23-22-25-20-21-25)33(46-36(41)29-17-8-3-9-18-29)32(31)45-35(40)28-15-6-2-7-16-28/h1-19,25,31-33,38H,20-21,24H2/t31-,32+,33-,38?/m1/s1. The largest absolute Gasteiger partial charge is 0.452 e. The van der Waals surface area contributed by atoms with Crippen LogP contribution in [0.4, 0.5) is 0 Å². The summed E-state index contributed by atoms with van der Waals surface area (Å²) >= 11 is 0. The summed E-state index contributed by atoms with van der Waals surface area (Å²) in [5.41, 5.74) is 1.30. The van der Waals surface area contributed by atoms with Crippen molar-refractivity contribution in [1.82, 2.24) is 0 Å². The first-order valence-corrected chi connectivity index (χ1v) is 15.2. The third kappa shape index (κ3) is 7.93. The van der Waals surface area contributed by atoms with E-state index >= 15 is 0 Å². The van der Waals surface area contributed by atoms with Gasteiger partial charge >= 0.3 is 23.9 Å². The van der Waals surface area contributed by atoms with Gasteiger partial charge in [0, 0.05) is 11.5 Å². The summed E-state index contributed by atoms with van der Waals surface area (Å²) in [6.45, 7) is -0.341. The van der Waals surface area contributed by atoms with Crippen molar-refractivity contribution in [3.8, 4) is 11.8 Å². The molecule has 4 atom stereocenters. The topological polar surface area (TPSA) is 114 Å². The first-order chi connectivity index (χ1) is 23.0. The molecule has 4 aromatic carbocycles. The first-order valence-electron chi connectivity index (χ1n) is 15.2. The number of carbonyl (C=O) groups excluding carboxylic acids is 4. The minimum Gasteiger partial charge on any atom is -0.452 e. The SMILES string of the molecule is O=C(O[C@H]1[C@H](OC(=O)c2ccccc2)COC(OC(=O)c2ccccc2C#CC2CC2)[C@@H]1OC(=O)c1ccccc1)c1ccccc1. The fraction of sp³-hybridized carbons (Fsp3) is 0.211. The molecule has 2 aliphatic rings. The molecule has 236 valence electrons. The van der Waals surface area contributed by atoms with E-state index in [1.54, 1.807) is 115 Å². The predicted molar refractivity (Wildman–Crippen MR) is 168 cm³/mol. The van der Waals surface area contributed by atoms with Gasteiger partial charge in [-0.05, 0) is 61.4 Å². The normalized spacial score (nSPS) is 20.1. The highest BCUT2D eigenvalue weighted by molar-refractivity contribution is 5.93. The number of benzene rings is 4. The third-order valence-corrected chi connectivity index (χ3v) is 7.51. The van der Waals surface area contributed by atoms with Crippen LogP contribution in [0.3, 0.4) is 0 Å². The molecule has 4 aromatic rings. The fourth-order valence-corrected chi connectivity index (χ4v) is 4.87. The lowest BCUT2D eigenvalue weighted by Crippen LogP contribution is -2.58. The Kier molecular flexibility index (Phi) is 9.70. The number of rotatable bonds is 8. The maximum Gasteiger partial charge on any atom is 0.341 e. The van der Waals surface area contributed by atoms with E-state index in [1.165, 1.54) is 0 Å². The lowest BCUT2D eigenvalue weighted by atomic mass is 10.0. The van der Waals surface area contributed by atoms with Gasteiger partial charge in [0.1, 0.15) is 0 Å². The second-order valence-electron chi connectivity index (χ2n) is 11.0. The molecule has 0 N–H and O–H groups in total. The second kappa shape index (κ2) is 14.6. The summed E-state index contributed by atoms with van der Waals surface area (Å²) in [6, 6.07) is 31.2. The monoisotopic (exact) mass is 630 g/mol. The molecule has 0 radical (unpaired) electrons. The quantitative estimate of drug-likeness (QED) is 0.139.